The Kier molecular flexibility index (Phi) is 7.75. The summed E-state index contributed by atoms with van der Waals surface area (Å²) in [6.45, 7) is 1.96. The molecule has 10 nitrogen and oxygen atoms in total. The van der Waals surface area contributed by atoms with E-state index in [4.69, 9.17) is 13.9 Å². The van der Waals surface area contributed by atoms with Gasteiger partial charge in [0.25, 0.3) is 0 Å². The third-order valence-electron chi connectivity index (χ3n) is 8.32. The Bertz CT molecular complexity index is 1930. The van der Waals surface area contributed by atoms with Crippen molar-refractivity contribution in [2.45, 2.75) is 64.3 Å². The number of carboxylic acid groups (broad SMARTS) is 1. The van der Waals surface area contributed by atoms with Gasteiger partial charge in [-0.05, 0) is 55.9 Å². The fourth-order valence-electron chi connectivity index (χ4n) is 6.06. The number of aromatic amines is 1. The number of para-hydroxylation sites is 1. The number of aliphatic carboxylic acids is 1. The van der Waals surface area contributed by atoms with Gasteiger partial charge in [-0.25, -0.2) is 4.79 Å². The van der Waals surface area contributed by atoms with E-state index in [0.717, 1.165) is 58.7 Å². The molecular weight excluding hydrogens is 550 g/mol. The molecule has 43 heavy (non-hydrogen) atoms. The molecule has 1 aliphatic carbocycles. The van der Waals surface area contributed by atoms with Gasteiger partial charge in [0.1, 0.15) is 23.0 Å². The Morgan fingerprint density at radius 1 is 1.02 bits per heavy atom. The van der Waals surface area contributed by atoms with Crippen LogP contribution in [0, 0.1) is 6.92 Å². The number of amides is 2. The predicted molar refractivity (Wildman–Crippen MR) is 161 cm³/mol. The van der Waals surface area contributed by atoms with Crippen molar-refractivity contribution in [3.8, 4) is 0 Å². The van der Waals surface area contributed by atoms with Crippen LogP contribution in [0.5, 0.6) is 0 Å². The smallest absolute Gasteiger partial charge is 0.340 e. The van der Waals surface area contributed by atoms with Gasteiger partial charge in [0.05, 0.1) is 12.0 Å². The average Bonchev–Trinajstić information content (AvgIpc) is 3.57. The molecule has 3 heterocycles. The molecule has 5 aromatic rings. The molecule has 4 N–H and O–H groups in total. The number of H-pyrrole nitrogens is 1. The van der Waals surface area contributed by atoms with Gasteiger partial charge in [-0.2, -0.15) is 0 Å². The van der Waals surface area contributed by atoms with Crippen molar-refractivity contribution >= 4 is 50.6 Å². The molecule has 0 saturated carbocycles. The van der Waals surface area contributed by atoms with Crippen molar-refractivity contribution in [3.05, 3.63) is 81.0 Å². The van der Waals surface area contributed by atoms with E-state index in [-0.39, 0.29) is 37.8 Å². The van der Waals surface area contributed by atoms with Gasteiger partial charge in [0, 0.05) is 65.3 Å². The average molecular weight is 584 g/mol. The number of fused-ring (bicyclic) bond motifs is 5. The summed E-state index contributed by atoms with van der Waals surface area (Å²) in [7, 11) is 0. The second-order valence-corrected chi connectivity index (χ2v) is 11.2. The zero-order valence-electron chi connectivity index (χ0n) is 23.9. The maximum Gasteiger partial charge on any atom is 0.340 e. The van der Waals surface area contributed by atoms with Gasteiger partial charge >= 0.3 is 11.6 Å². The second-order valence-electron chi connectivity index (χ2n) is 11.2. The van der Waals surface area contributed by atoms with E-state index in [9.17, 15) is 19.2 Å². The number of nitrogens with one attached hydrogen (secondary N) is 3. The zero-order chi connectivity index (χ0) is 30.1. The minimum absolute atomic E-state index is 0.0787. The first kappa shape index (κ1) is 28.3. The number of aromatic nitrogens is 1. The van der Waals surface area contributed by atoms with Crippen molar-refractivity contribution < 1.29 is 28.3 Å². The SMILES string of the molecule is Cc1c(CC(=O)NC(Cc2c[nH]c3ccccc23)C(=O)NCCCC(=O)O)c(=O)oc2cc3oc4c(c3cc12)CCCC4. The molecule has 1 aliphatic rings. The van der Waals surface area contributed by atoms with E-state index in [1.54, 1.807) is 19.2 Å². The summed E-state index contributed by atoms with van der Waals surface area (Å²) in [5.74, 6) is -0.894. The summed E-state index contributed by atoms with van der Waals surface area (Å²) in [5.41, 5.74) is 4.32. The van der Waals surface area contributed by atoms with E-state index < -0.39 is 29.5 Å². The summed E-state index contributed by atoms with van der Waals surface area (Å²) in [6.07, 6.45) is 5.94. The summed E-state index contributed by atoms with van der Waals surface area (Å²) in [6, 6.07) is 10.5. The number of aryl methyl sites for hydroxylation is 3. The van der Waals surface area contributed by atoms with E-state index in [1.165, 1.54) is 5.56 Å². The highest BCUT2D eigenvalue weighted by Gasteiger charge is 2.25. The summed E-state index contributed by atoms with van der Waals surface area (Å²) >= 11 is 0. The molecule has 2 aromatic carbocycles. The normalized spacial score (nSPS) is 13.7. The molecule has 0 bridgehead atoms. The molecule has 10 heteroatoms. The van der Waals surface area contributed by atoms with Gasteiger partial charge in [0.15, 0.2) is 0 Å². The van der Waals surface area contributed by atoms with Crippen LogP contribution in [0.4, 0.5) is 0 Å². The lowest BCUT2D eigenvalue weighted by Crippen LogP contribution is -2.49. The maximum absolute atomic E-state index is 13.4. The van der Waals surface area contributed by atoms with Gasteiger partial charge in [-0.1, -0.05) is 18.2 Å². The Labute approximate surface area is 246 Å². The minimum Gasteiger partial charge on any atom is -0.481 e. The molecule has 0 fully saturated rings. The van der Waals surface area contributed by atoms with Crippen LogP contribution in [0.1, 0.15) is 53.7 Å². The van der Waals surface area contributed by atoms with Gasteiger partial charge < -0.3 is 29.6 Å². The van der Waals surface area contributed by atoms with Gasteiger partial charge in [0.2, 0.25) is 11.8 Å². The number of carbonyl (C=O) groups excluding carboxylic acids is 2. The lowest BCUT2D eigenvalue weighted by Gasteiger charge is -2.19. The van der Waals surface area contributed by atoms with Crippen molar-refractivity contribution in [2.75, 3.05) is 6.54 Å². The molecule has 2 amide bonds. The third kappa shape index (κ3) is 5.77. The molecule has 0 aliphatic heterocycles. The lowest BCUT2D eigenvalue weighted by molar-refractivity contribution is -0.137. The standard InChI is InChI=1S/C33H33N3O7/c1-18-22-14-24-21-8-3-5-10-27(21)42-29(24)16-28(22)43-33(41)23(18)15-30(37)36-26(32(40)34-12-6-11-31(38)39)13-19-17-35-25-9-4-2-7-20(19)25/h2,4,7,9,14,16-17,26,35H,3,5-6,8,10-13,15H2,1H3,(H,34,40)(H,36,37)(H,38,39). The van der Waals surface area contributed by atoms with Gasteiger partial charge in [-0.3, -0.25) is 14.4 Å². The van der Waals surface area contributed by atoms with E-state index in [1.807, 2.05) is 30.3 Å². The molecule has 0 radical (unpaired) electrons. The highest BCUT2D eigenvalue weighted by Crippen LogP contribution is 2.35. The predicted octanol–water partition coefficient (Wildman–Crippen LogP) is 4.46. The minimum atomic E-state index is -0.948. The summed E-state index contributed by atoms with van der Waals surface area (Å²) in [4.78, 5) is 53.7. The largest absolute Gasteiger partial charge is 0.481 e. The second kappa shape index (κ2) is 11.8. The number of rotatable bonds is 10. The highest BCUT2D eigenvalue weighted by molar-refractivity contribution is 5.97. The molecule has 222 valence electrons. The van der Waals surface area contributed by atoms with Crippen LogP contribution in [0.2, 0.25) is 0 Å². The maximum atomic E-state index is 13.4. The topological polar surface area (TPSA) is 155 Å². The number of hydrogen-bond donors (Lipinski definition) is 4. The van der Waals surface area contributed by atoms with E-state index in [0.29, 0.717) is 16.7 Å². The zero-order valence-corrected chi connectivity index (χ0v) is 23.9. The van der Waals surface area contributed by atoms with Crippen molar-refractivity contribution in [3.63, 3.8) is 0 Å². The Balaban J connectivity index is 1.25. The van der Waals surface area contributed by atoms with Crippen LogP contribution in [-0.4, -0.2) is 40.5 Å². The van der Waals surface area contributed by atoms with Crippen LogP contribution in [0.25, 0.3) is 32.8 Å². The highest BCUT2D eigenvalue weighted by atomic mass is 16.4. The van der Waals surface area contributed by atoms with E-state index >= 15 is 0 Å². The van der Waals surface area contributed by atoms with Crippen LogP contribution in [-0.2, 0) is 40.1 Å². The molecular formula is C33H33N3O7. The molecule has 6 rings (SSSR count). The fourth-order valence-corrected chi connectivity index (χ4v) is 6.06. The quantitative estimate of drug-likeness (QED) is 0.140. The van der Waals surface area contributed by atoms with Crippen LogP contribution < -0.4 is 16.3 Å². The molecule has 1 atom stereocenters. The number of carboxylic acids is 1. The first-order valence-electron chi connectivity index (χ1n) is 14.6. The molecule has 1 unspecified atom stereocenters. The summed E-state index contributed by atoms with van der Waals surface area (Å²) in [5, 5.41) is 17.1. The number of benzene rings is 2. The Morgan fingerprint density at radius 3 is 2.65 bits per heavy atom. The Hall–Kier alpha value is -4.86. The van der Waals surface area contributed by atoms with Crippen molar-refractivity contribution in [1.82, 2.24) is 15.6 Å². The lowest BCUT2D eigenvalue weighted by atomic mass is 9.94. The van der Waals surface area contributed by atoms with Crippen molar-refractivity contribution in [1.29, 1.82) is 0 Å². The summed E-state index contributed by atoms with van der Waals surface area (Å²) < 4.78 is 11.7. The third-order valence-corrected chi connectivity index (χ3v) is 8.32. The van der Waals surface area contributed by atoms with Gasteiger partial charge in [-0.15, -0.1) is 0 Å². The van der Waals surface area contributed by atoms with E-state index in [2.05, 4.69) is 15.6 Å². The van der Waals surface area contributed by atoms with Crippen LogP contribution in [0.3, 0.4) is 0 Å². The molecule has 0 saturated heterocycles. The van der Waals surface area contributed by atoms with Crippen LogP contribution >= 0.6 is 0 Å². The number of hydrogen-bond acceptors (Lipinski definition) is 6. The first-order valence-corrected chi connectivity index (χ1v) is 14.6. The Morgan fingerprint density at radius 2 is 1.81 bits per heavy atom. The molecule has 3 aromatic heterocycles. The monoisotopic (exact) mass is 583 g/mol. The number of furan rings is 1. The fraction of sp³-hybridized carbons (Fsp3) is 0.333. The first-order chi connectivity index (χ1) is 20.8. The van der Waals surface area contributed by atoms with Crippen molar-refractivity contribution in [2.24, 2.45) is 0 Å². The van der Waals surface area contributed by atoms with Crippen LogP contribution in [0.15, 0.2) is 56.2 Å². The molecule has 0 spiro atoms. The number of carbonyl (C=O) groups is 3.